The first-order valence-electron chi connectivity index (χ1n) is 7.94. The van der Waals surface area contributed by atoms with Gasteiger partial charge in [0.2, 0.25) is 0 Å². The number of ether oxygens (including phenoxy) is 1. The Bertz CT molecular complexity index is 544. The van der Waals surface area contributed by atoms with E-state index in [9.17, 15) is 0 Å². The van der Waals surface area contributed by atoms with E-state index in [0.29, 0.717) is 0 Å². The molecule has 1 aromatic rings. The normalized spacial score (nSPS) is 20.0. The minimum absolute atomic E-state index is 0.843. The summed E-state index contributed by atoms with van der Waals surface area (Å²) in [7, 11) is 1.73. The topological polar surface area (TPSA) is 12.5 Å². The van der Waals surface area contributed by atoms with Gasteiger partial charge < -0.3 is 4.74 Å². The average Bonchev–Trinajstić information content (AvgIpc) is 2.50. The van der Waals surface area contributed by atoms with Crippen LogP contribution in [0.2, 0.25) is 5.02 Å². The minimum Gasteiger partial charge on any atom is -0.496 e. The van der Waals surface area contributed by atoms with E-state index < -0.39 is 0 Å². The zero-order chi connectivity index (χ0) is 14.8. The van der Waals surface area contributed by atoms with Crippen molar-refractivity contribution in [3.8, 4) is 5.75 Å². The predicted molar refractivity (Wildman–Crippen MR) is 89.1 cm³/mol. The molecule has 1 aliphatic carbocycles. The molecule has 1 aliphatic heterocycles. The summed E-state index contributed by atoms with van der Waals surface area (Å²) in [4.78, 5) is 2.59. The molecule has 1 heterocycles. The van der Waals surface area contributed by atoms with Crippen molar-refractivity contribution in [2.45, 2.75) is 32.6 Å². The summed E-state index contributed by atoms with van der Waals surface area (Å²) in [5.41, 5.74) is 3.94. The second-order valence-corrected chi connectivity index (χ2v) is 6.81. The van der Waals surface area contributed by atoms with Crippen LogP contribution in [0, 0.1) is 5.92 Å². The van der Waals surface area contributed by atoms with Gasteiger partial charge in [-0.25, -0.2) is 0 Å². The van der Waals surface area contributed by atoms with Gasteiger partial charge >= 0.3 is 0 Å². The van der Waals surface area contributed by atoms with Crippen molar-refractivity contribution in [3.63, 3.8) is 0 Å². The number of nitrogens with zero attached hydrogens (tertiary/aromatic N) is 1. The largest absolute Gasteiger partial charge is 0.496 e. The number of rotatable bonds is 3. The van der Waals surface area contributed by atoms with Crippen molar-refractivity contribution in [2.24, 2.45) is 5.92 Å². The third-order valence-electron chi connectivity index (χ3n) is 4.83. The predicted octanol–water partition coefficient (Wildman–Crippen LogP) is 4.41. The number of halogens is 1. The monoisotopic (exact) mass is 305 g/mol. The fraction of sp³-hybridized carbons (Fsp3) is 0.556. The zero-order valence-corrected chi connectivity index (χ0v) is 13.7. The van der Waals surface area contributed by atoms with Gasteiger partial charge in [-0.1, -0.05) is 30.2 Å². The lowest BCUT2D eigenvalue weighted by atomic mass is 9.90. The zero-order valence-electron chi connectivity index (χ0n) is 13.0. The molecular weight excluding hydrogens is 282 g/mol. The van der Waals surface area contributed by atoms with Gasteiger partial charge in [-0.15, -0.1) is 0 Å². The van der Waals surface area contributed by atoms with Gasteiger partial charge in [0.25, 0.3) is 0 Å². The maximum atomic E-state index is 6.38. The van der Waals surface area contributed by atoms with Crippen LogP contribution in [-0.2, 0) is 6.42 Å². The molecule has 1 fully saturated rings. The standard InChI is InChI=1S/C18H24ClNO/c1-13-7-9-20(10-8-13)12-14-3-4-15-16(11-14)17(19)5-6-18(15)21-2/h5-6,11,13H,3-4,7-10,12H2,1-2H3. The van der Waals surface area contributed by atoms with E-state index in [-0.39, 0.29) is 0 Å². The van der Waals surface area contributed by atoms with Crippen LogP contribution < -0.4 is 4.74 Å². The Morgan fingerprint density at radius 3 is 2.71 bits per heavy atom. The van der Waals surface area contributed by atoms with E-state index in [1.165, 1.54) is 42.6 Å². The van der Waals surface area contributed by atoms with Crippen LogP contribution in [0.1, 0.15) is 37.3 Å². The Kier molecular flexibility index (Phi) is 4.56. The molecule has 0 unspecified atom stereocenters. The number of piperidine rings is 1. The molecule has 0 bridgehead atoms. The van der Waals surface area contributed by atoms with E-state index in [4.69, 9.17) is 16.3 Å². The lowest BCUT2D eigenvalue weighted by Gasteiger charge is -2.32. The van der Waals surface area contributed by atoms with Gasteiger partial charge in [-0.2, -0.15) is 0 Å². The Balaban J connectivity index is 1.77. The highest BCUT2D eigenvalue weighted by molar-refractivity contribution is 6.32. The average molecular weight is 306 g/mol. The van der Waals surface area contributed by atoms with Gasteiger partial charge in [0, 0.05) is 17.1 Å². The highest BCUT2D eigenvalue weighted by atomic mass is 35.5. The summed E-state index contributed by atoms with van der Waals surface area (Å²) in [6.45, 7) is 5.92. The van der Waals surface area contributed by atoms with E-state index in [1.807, 2.05) is 12.1 Å². The first-order chi connectivity index (χ1) is 10.2. The SMILES string of the molecule is COc1ccc(Cl)c2c1CCC(CN1CCC(C)CC1)=C2. The van der Waals surface area contributed by atoms with Gasteiger partial charge in [-0.05, 0) is 62.4 Å². The maximum Gasteiger partial charge on any atom is 0.122 e. The van der Waals surface area contributed by atoms with Crippen molar-refractivity contribution in [2.75, 3.05) is 26.7 Å². The van der Waals surface area contributed by atoms with Crippen LogP contribution in [0.5, 0.6) is 5.75 Å². The van der Waals surface area contributed by atoms with Crippen LogP contribution in [0.4, 0.5) is 0 Å². The van der Waals surface area contributed by atoms with Gasteiger partial charge in [-0.3, -0.25) is 4.90 Å². The van der Waals surface area contributed by atoms with Crippen molar-refractivity contribution >= 4 is 17.7 Å². The molecule has 21 heavy (non-hydrogen) atoms. The lowest BCUT2D eigenvalue weighted by Crippen LogP contribution is -2.34. The summed E-state index contributed by atoms with van der Waals surface area (Å²) in [5.74, 6) is 1.86. The molecule has 0 aromatic heterocycles. The van der Waals surface area contributed by atoms with Gasteiger partial charge in [0.05, 0.1) is 7.11 Å². The van der Waals surface area contributed by atoms with Crippen molar-refractivity contribution in [1.29, 1.82) is 0 Å². The molecule has 0 atom stereocenters. The quantitative estimate of drug-likeness (QED) is 0.820. The second-order valence-electron chi connectivity index (χ2n) is 6.40. The highest BCUT2D eigenvalue weighted by Gasteiger charge is 2.20. The summed E-state index contributed by atoms with van der Waals surface area (Å²) >= 11 is 6.38. The molecule has 0 amide bonds. The fourth-order valence-electron chi connectivity index (χ4n) is 3.42. The molecular formula is C18H24ClNO. The number of fused-ring (bicyclic) bond motifs is 1. The van der Waals surface area contributed by atoms with Crippen LogP contribution in [-0.4, -0.2) is 31.6 Å². The molecule has 1 aromatic carbocycles. The first-order valence-corrected chi connectivity index (χ1v) is 8.32. The number of benzene rings is 1. The van der Waals surface area contributed by atoms with Gasteiger partial charge in [0.1, 0.15) is 5.75 Å². The summed E-state index contributed by atoms with van der Waals surface area (Å²) < 4.78 is 5.47. The van der Waals surface area contributed by atoms with Crippen molar-refractivity contribution in [3.05, 3.63) is 33.9 Å². The van der Waals surface area contributed by atoms with Crippen molar-refractivity contribution < 1.29 is 4.74 Å². The molecule has 0 N–H and O–H groups in total. The fourth-order valence-corrected chi connectivity index (χ4v) is 3.65. The van der Waals surface area contributed by atoms with Crippen LogP contribution in [0.3, 0.4) is 0 Å². The Morgan fingerprint density at radius 2 is 2.00 bits per heavy atom. The third kappa shape index (κ3) is 3.27. The highest BCUT2D eigenvalue weighted by Crippen LogP contribution is 2.36. The molecule has 0 radical (unpaired) electrons. The number of likely N-dealkylation sites (tertiary alicyclic amines) is 1. The van der Waals surface area contributed by atoms with Crippen molar-refractivity contribution in [1.82, 2.24) is 4.90 Å². The van der Waals surface area contributed by atoms with E-state index in [0.717, 1.165) is 36.1 Å². The molecule has 0 saturated carbocycles. The molecule has 114 valence electrons. The summed E-state index contributed by atoms with van der Waals surface area (Å²) in [6, 6.07) is 3.92. The van der Waals surface area contributed by atoms with Crippen LogP contribution in [0.15, 0.2) is 17.7 Å². The third-order valence-corrected chi connectivity index (χ3v) is 5.16. The summed E-state index contributed by atoms with van der Waals surface area (Å²) in [6.07, 6.45) is 7.11. The van der Waals surface area contributed by atoms with E-state index in [2.05, 4.69) is 17.9 Å². The number of methoxy groups -OCH3 is 1. The molecule has 3 rings (SSSR count). The Hall–Kier alpha value is -0.990. The number of hydrogen-bond acceptors (Lipinski definition) is 2. The molecule has 3 heteroatoms. The van der Waals surface area contributed by atoms with Gasteiger partial charge in [0.15, 0.2) is 0 Å². The molecule has 2 nitrogen and oxygen atoms in total. The minimum atomic E-state index is 0.843. The first kappa shape index (κ1) is 14.9. The van der Waals surface area contributed by atoms with Crippen LogP contribution >= 0.6 is 11.6 Å². The van der Waals surface area contributed by atoms with E-state index >= 15 is 0 Å². The molecule has 1 saturated heterocycles. The Labute approximate surface area is 132 Å². The summed E-state index contributed by atoms with van der Waals surface area (Å²) in [5, 5.41) is 0.843. The van der Waals surface area contributed by atoms with Crippen LogP contribution in [0.25, 0.3) is 6.08 Å². The molecule has 2 aliphatic rings. The number of hydrogen-bond donors (Lipinski definition) is 0. The second kappa shape index (κ2) is 6.41. The maximum absolute atomic E-state index is 6.38. The molecule has 0 spiro atoms. The van der Waals surface area contributed by atoms with E-state index in [1.54, 1.807) is 7.11 Å². The lowest BCUT2D eigenvalue weighted by molar-refractivity contribution is 0.205. The Morgan fingerprint density at radius 1 is 1.24 bits per heavy atom. The smallest absolute Gasteiger partial charge is 0.122 e.